The SMILES string of the molecule is O=[P+](O)OCC(I)COCCO. The second-order valence-electron chi connectivity index (χ2n) is 1.93. The lowest BCUT2D eigenvalue weighted by Gasteiger charge is -2.05. The summed E-state index contributed by atoms with van der Waals surface area (Å²) in [5, 5.41) is 8.35. The van der Waals surface area contributed by atoms with Crippen molar-refractivity contribution in [2.45, 2.75) is 3.92 Å². The highest BCUT2D eigenvalue weighted by Gasteiger charge is 2.15. The van der Waals surface area contributed by atoms with E-state index in [1.807, 2.05) is 22.6 Å². The van der Waals surface area contributed by atoms with Crippen LogP contribution in [0.4, 0.5) is 0 Å². The molecular formula is C5H11IO5P+. The zero-order valence-electron chi connectivity index (χ0n) is 6.35. The van der Waals surface area contributed by atoms with E-state index < -0.39 is 8.25 Å². The quantitative estimate of drug-likeness (QED) is 0.309. The summed E-state index contributed by atoms with van der Waals surface area (Å²) in [6.07, 6.45) is 0. The van der Waals surface area contributed by atoms with E-state index in [-0.39, 0.29) is 23.7 Å². The van der Waals surface area contributed by atoms with E-state index in [4.69, 9.17) is 14.7 Å². The van der Waals surface area contributed by atoms with Crippen LogP contribution in [0.25, 0.3) is 0 Å². The monoisotopic (exact) mass is 309 g/mol. The van der Waals surface area contributed by atoms with Gasteiger partial charge < -0.3 is 9.84 Å². The molecule has 0 radical (unpaired) electrons. The molecule has 0 aliphatic heterocycles. The van der Waals surface area contributed by atoms with Crippen LogP contribution < -0.4 is 0 Å². The van der Waals surface area contributed by atoms with Crippen molar-refractivity contribution in [3.05, 3.63) is 0 Å². The first-order valence-corrected chi connectivity index (χ1v) is 5.66. The Morgan fingerprint density at radius 1 is 1.50 bits per heavy atom. The third-order valence-corrected chi connectivity index (χ3v) is 1.99. The second kappa shape index (κ2) is 8.28. The molecule has 2 atom stereocenters. The summed E-state index contributed by atoms with van der Waals surface area (Å²) >= 11 is 2.04. The Balaban J connectivity index is 3.21. The summed E-state index contributed by atoms with van der Waals surface area (Å²) in [6, 6.07) is 0. The first-order chi connectivity index (χ1) is 5.66. The fourth-order valence-corrected chi connectivity index (χ4v) is 1.49. The van der Waals surface area contributed by atoms with E-state index in [0.717, 1.165) is 0 Å². The molecule has 0 amide bonds. The fraction of sp³-hybridized carbons (Fsp3) is 1.00. The smallest absolute Gasteiger partial charge is 0.394 e. The maximum Gasteiger partial charge on any atom is 0.694 e. The van der Waals surface area contributed by atoms with Gasteiger partial charge in [-0.2, -0.15) is 0 Å². The van der Waals surface area contributed by atoms with E-state index in [1.54, 1.807) is 0 Å². The van der Waals surface area contributed by atoms with Gasteiger partial charge in [0.1, 0.15) is 6.61 Å². The van der Waals surface area contributed by atoms with Gasteiger partial charge in [-0.1, -0.05) is 22.6 Å². The molecule has 0 aliphatic carbocycles. The van der Waals surface area contributed by atoms with Gasteiger partial charge in [-0.25, -0.2) is 0 Å². The van der Waals surface area contributed by atoms with Gasteiger partial charge in [0, 0.05) is 4.57 Å². The standard InChI is InChI=1S/C5H10IO5P/c6-5(3-10-2-1-7)4-11-12(8)9/h5,7H,1-4H2/p+1. The number of alkyl halides is 1. The molecule has 2 unspecified atom stereocenters. The summed E-state index contributed by atoms with van der Waals surface area (Å²) in [5.74, 6) is 0. The van der Waals surface area contributed by atoms with Crippen molar-refractivity contribution in [3.8, 4) is 0 Å². The van der Waals surface area contributed by atoms with Gasteiger partial charge in [0.05, 0.1) is 23.7 Å². The van der Waals surface area contributed by atoms with E-state index in [1.165, 1.54) is 0 Å². The van der Waals surface area contributed by atoms with Crippen LogP contribution in [0.5, 0.6) is 0 Å². The van der Waals surface area contributed by atoms with Crippen LogP contribution in [-0.4, -0.2) is 40.4 Å². The predicted molar refractivity (Wildman–Crippen MR) is 51.5 cm³/mol. The number of rotatable bonds is 7. The maximum atomic E-state index is 10.1. The summed E-state index contributed by atoms with van der Waals surface area (Å²) in [7, 11) is -2.51. The van der Waals surface area contributed by atoms with E-state index in [9.17, 15) is 4.57 Å². The van der Waals surface area contributed by atoms with Crippen LogP contribution in [0.2, 0.25) is 0 Å². The molecule has 5 nitrogen and oxygen atoms in total. The van der Waals surface area contributed by atoms with Gasteiger partial charge >= 0.3 is 8.25 Å². The summed E-state index contributed by atoms with van der Waals surface area (Å²) < 4.78 is 19.5. The van der Waals surface area contributed by atoms with Gasteiger partial charge in [0.2, 0.25) is 0 Å². The van der Waals surface area contributed by atoms with Crippen molar-refractivity contribution in [1.82, 2.24) is 0 Å². The summed E-state index contributed by atoms with van der Waals surface area (Å²) in [6.45, 7) is 0.852. The van der Waals surface area contributed by atoms with Crippen molar-refractivity contribution >= 4 is 30.8 Å². The van der Waals surface area contributed by atoms with Crippen molar-refractivity contribution < 1.29 is 23.8 Å². The molecule has 2 N–H and O–H groups in total. The molecule has 0 saturated heterocycles. The minimum atomic E-state index is -2.51. The average molecular weight is 309 g/mol. The number of aliphatic hydroxyl groups excluding tert-OH is 1. The molecule has 0 aromatic heterocycles. The highest BCUT2D eigenvalue weighted by Crippen LogP contribution is 2.16. The fourth-order valence-electron chi connectivity index (χ4n) is 0.469. The van der Waals surface area contributed by atoms with Crippen molar-refractivity contribution in [2.24, 2.45) is 0 Å². The lowest BCUT2D eigenvalue weighted by Crippen LogP contribution is -2.15. The van der Waals surface area contributed by atoms with Crippen LogP contribution in [0.3, 0.4) is 0 Å². The Kier molecular flexibility index (Phi) is 8.74. The van der Waals surface area contributed by atoms with Crippen molar-refractivity contribution in [1.29, 1.82) is 0 Å². The number of ether oxygens (including phenoxy) is 1. The molecule has 0 rings (SSSR count). The molecule has 0 aliphatic rings. The topological polar surface area (TPSA) is 76.0 Å². The van der Waals surface area contributed by atoms with Crippen LogP contribution in [0.1, 0.15) is 0 Å². The Morgan fingerprint density at radius 2 is 2.17 bits per heavy atom. The summed E-state index contributed by atoms with van der Waals surface area (Å²) in [4.78, 5) is 8.28. The van der Waals surface area contributed by atoms with Crippen LogP contribution >= 0.6 is 30.8 Å². The zero-order valence-corrected chi connectivity index (χ0v) is 9.40. The second-order valence-corrected chi connectivity index (χ2v) is 4.42. The van der Waals surface area contributed by atoms with Crippen molar-refractivity contribution in [2.75, 3.05) is 26.4 Å². The highest BCUT2D eigenvalue weighted by molar-refractivity contribution is 14.1. The lowest BCUT2D eigenvalue weighted by atomic mass is 10.5. The Bertz CT molecular complexity index is 133. The van der Waals surface area contributed by atoms with Gasteiger partial charge in [0.25, 0.3) is 0 Å². The van der Waals surface area contributed by atoms with Crippen LogP contribution in [-0.2, 0) is 13.8 Å². The third kappa shape index (κ3) is 8.76. The maximum absolute atomic E-state index is 10.1. The molecule has 0 spiro atoms. The molecule has 0 aromatic carbocycles. The average Bonchev–Trinajstić information content (AvgIpc) is 2.01. The summed E-state index contributed by atoms with van der Waals surface area (Å²) in [5.41, 5.74) is 0. The first-order valence-electron chi connectivity index (χ1n) is 3.28. The van der Waals surface area contributed by atoms with Gasteiger partial charge in [-0.05, 0) is 0 Å². The molecule has 7 heteroatoms. The van der Waals surface area contributed by atoms with Crippen LogP contribution in [0, 0.1) is 0 Å². The molecule has 0 fully saturated rings. The number of halogens is 1. The van der Waals surface area contributed by atoms with Gasteiger partial charge in [-0.15, -0.1) is 9.42 Å². The van der Waals surface area contributed by atoms with E-state index in [0.29, 0.717) is 6.61 Å². The molecule has 0 saturated carbocycles. The Morgan fingerprint density at radius 3 is 2.67 bits per heavy atom. The first kappa shape index (κ1) is 12.7. The largest absolute Gasteiger partial charge is 0.694 e. The minimum absolute atomic E-state index is 0.0154. The molecule has 0 aromatic rings. The number of hydrogen-bond donors (Lipinski definition) is 2. The zero-order chi connectivity index (χ0) is 9.40. The molecule has 72 valence electrons. The molecular weight excluding hydrogens is 298 g/mol. The minimum Gasteiger partial charge on any atom is -0.394 e. The number of hydrogen-bond acceptors (Lipinski definition) is 4. The van der Waals surface area contributed by atoms with E-state index in [2.05, 4.69) is 4.52 Å². The Hall–Kier alpha value is 0.670. The van der Waals surface area contributed by atoms with E-state index >= 15 is 0 Å². The Labute approximate surface area is 85.2 Å². The third-order valence-electron chi connectivity index (χ3n) is 0.900. The van der Waals surface area contributed by atoms with Gasteiger partial charge in [0.15, 0.2) is 0 Å². The van der Waals surface area contributed by atoms with Crippen LogP contribution in [0.15, 0.2) is 0 Å². The predicted octanol–water partition coefficient (Wildman–Crippen LogP) is 0.465. The highest BCUT2D eigenvalue weighted by atomic mass is 127. The van der Waals surface area contributed by atoms with Gasteiger partial charge in [-0.3, -0.25) is 0 Å². The van der Waals surface area contributed by atoms with Crippen molar-refractivity contribution in [3.63, 3.8) is 0 Å². The molecule has 12 heavy (non-hydrogen) atoms. The molecule has 0 bridgehead atoms. The lowest BCUT2D eigenvalue weighted by molar-refractivity contribution is 0.0885. The normalized spacial score (nSPS) is 14.4. The number of aliphatic hydroxyl groups is 1. The molecule has 0 heterocycles.